The first-order valence-corrected chi connectivity index (χ1v) is 11.3. The standard InChI is InChI=1S/C11H8Cl2N2O2S.C5H10.C3H9NO/c12-8-5-10(13)11(15-6-8)7-1-3-9(4-2-7)18(14,16)17;1-2-4-5-3-1;1-4-2-3-5/h1-6H,(H2,14,16,17);1-5H2;4-5H,2-3H2,1H3. The Hall–Kier alpha value is -1.22. The van der Waals surface area contributed by atoms with Gasteiger partial charge in [0.1, 0.15) is 0 Å². The van der Waals surface area contributed by atoms with Crippen molar-refractivity contribution in [2.75, 3.05) is 20.2 Å². The van der Waals surface area contributed by atoms with E-state index >= 15 is 0 Å². The van der Waals surface area contributed by atoms with Gasteiger partial charge in [0, 0.05) is 18.3 Å². The van der Waals surface area contributed by atoms with Crippen molar-refractivity contribution in [1.82, 2.24) is 10.3 Å². The lowest BCUT2D eigenvalue weighted by Crippen LogP contribution is -2.11. The van der Waals surface area contributed by atoms with Crippen LogP contribution in [0.25, 0.3) is 11.3 Å². The van der Waals surface area contributed by atoms with Crippen molar-refractivity contribution >= 4 is 33.2 Å². The van der Waals surface area contributed by atoms with E-state index < -0.39 is 10.0 Å². The van der Waals surface area contributed by atoms with Crippen LogP contribution in [0.4, 0.5) is 0 Å². The zero-order valence-electron chi connectivity index (χ0n) is 15.9. The predicted molar refractivity (Wildman–Crippen MR) is 115 cm³/mol. The van der Waals surface area contributed by atoms with Gasteiger partial charge in [-0.15, -0.1) is 0 Å². The van der Waals surface area contributed by atoms with E-state index in [-0.39, 0.29) is 11.5 Å². The first-order valence-electron chi connectivity index (χ1n) is 8.99. The van der Waals surface area contributed by atoms with Gasteiger partial charge in [-0.3, -0.25) is 4.98 Å². The lowest BCUT2D eigenvalue weighted by atomic mass is 10.1. The van der Waals surface area contributed by atoms with Crippen LogP contribution in [0, 0.1) is 0 Å². The SMILES string of the molecule is C1CCCC1.CNCCO.NS(=O)(=O)c1ccc(-c2ncc(Cl)cc2Cl)cc1. The fourth-order valence-corrected chi connectivity index (χ4v) is 3.43. The van der Waals surface area contributed by atoms with E-state index in [1.54, 1.807) is 25.2 Å². The molecule has 0 bridgehead atoms. The van der Waals surface area contributed by atoms with Crippen LogP contribution in [-0.2, 0) is 10.0 Å². The number of benzene rings is 1. The topological polar surface area (TPSA) is 105 Å². The van der Waals surface area contributed by atoms with Gasteiger partial charge in [-0.25, -0.2) is 13.6 Å². The molecule has 1 heterocycles. The van der Waals surface area contributed by atoms with Crippen molar-refractivity contribution in [1.29, 1.82) is 0 Å². The van der Waals surface area contributed by atoms with Crippen LogP contribution in [-0.4, -0.2) is 38.7 Å². The average molecular weight is 448 g/mol. The molecule has 1 aromatic heterocycles. The van der Waals surface area contributed by atoms with Gasteiger partial charge in [-0.1, -0.05) is 67.4 Å². The molecule has 9 heteroatoms. The van der Waals surface area contributed by atoms with Crippen molar-refractivity contribution in [2.24, 2.45) is 5.14 Å². The Bertz CT molecular complexity index is 802. The second-order valence-electron chi connectivity index (χ2n) is 6.15. The number of primary sulfonamides is 1. The summed E-state index contributed by atoms with van der Waals surface area (Å²) in [4.78, 5) is 4.13. The van der Waals surface area contributed by atoms with Crippen LogP contribution in [0.3, 0.4) is 0 Å². The first-order chi connectivity index (χ1) is 13.3. The zero-order valence-corrected chi connectivity index (χ0v) is 18.2. The summed E-state index contributed by atoms with van der Waals surface area (Å²) in [5.74, 6) is 0. The minimum atomic E-state index is -3.69. The molecule has 156 valence electrons. The highest BCUT2D eigenvalue weighted by Crippen LogP contribution is 2.28. The largest absolute Gasteiger partial charge is 0.395 e. The fraction of sp³-hybridized carbons (Fsp3) is 0.421. The number of nitrogens with zero attached hydrogens (tertiary/aromatic N) is 1. The van der Waals surface area contributed by atoms with Gasteiger partial charge in [-0.2, -0.15) is 0 Å². The number of halogens is 2. The Labute approximate surface area is 177 Å². The molecule has 0 saturated heterocycles. The molecule has 0 unspecified atom stereocenters. The fourth-order valence-electron chi connectivity index (χ4n) is 2.43. The maximum absolute atomic E-state index is 11.1. The van der Waals surface area contributed by atoms with Gasteiger partial charge < -0.3 is 10.4 Å². The third-order valence-electron chi connectivity index (χ3n) is 3.88. The van der Waals surface area contributed by atoms with Crippen LogP contribution >= 0.6 is 23.2 Å². The highest BCUT2D eigenvalue weighted by Gasteiger charge is 2.10. The van der Waals surface area contributed by atoms with Gasteiger partial charge >= 0.3 is 0 Å². The van der Waals surface area contributed by atoms with Gasteiger partial charge in [-0.05, 0) is 25.2 Å². The van der Waals surface area contributed by atoms with Crippen LogP contribution < -0.4 is 10.5 Å². The Morgan fingerprint density at radius 1 is 1.11 bits per heavy atom. The number of hydrogen-bond donors (Lipinski definition) is 3. The van der Waals surface area contributed by atoms with Crippen molar-refractivity contribution in [3.05, 3.63) is 46.6 Å². The van der Waals surface area contributed by atoms with Gasteiger partial charge in [0.25, 0.3) is 0 Å². The van der Waals surface area contributed by atoms with Crippen molar-refractivity contribution in [3.8, 4) is 11.3 Å². The van der Waals surface area contributed by atoms with Crippen molar-refractivity contribution in [3.63, 3.8) is 0 Å². The summed E-state index contributed by atoms with van der Waals surface area (Å²) >= 11 is 11.8. The number of hydrogen-bond acceptors (Lipinski definition) is 5. The molecular weight excluding hydrogens is 421 g/mol. The van der Waals surface area contributed by atoms with Crippen LogP contribution in [0.1, 0.15) is 32.1 Å². The molecule has 1 aliphatic carbocycles. The maximum atomic E-state index is 11.1. The van der Waals surface area contributed by atoms with E-state index in [0.29, 0.717) is 27.8 Å². The van der Waals surface area contributed by atoms with Crippen molar-refractivity contribution < 1.29 is 13.5 Å². The summed E-state index contributed by atoms with van der Waals surface area (Å²) in [6.07, 6.45) is 8.97. The first kappa shape index (κ1) is 24.8. The molecule has 0 atom stereocenters. The molecule has 3 rings (SSSR count). The number of rotatable bonds is 4. The Morgan fingerprint density at radius 2 is 1.64 bits per heavy atom. The normalized spacial score (nSPS) is 13.2. The second kappa shape index (κ2) is 13.1. The summed E-state index contributed by atoms with van der Waals surface area (Å²) in [6, 6.07) is 7.54. The minimum absolute atomic E-state index is 0.0383. The van der Waals surface area contributed by atoms with Crippen LogP contribution in [0.5, 0.6) is 0 Å². The molecule has 1 aliphatic rings. The number of pyridine rings is 1. The van der Waals surface area contributed by atoms with E-state index in [1.807, 2.05) is 0 Å². The molecule has 1 aromatic carbocycles. The highest BCUT2D eigenvalue weighted by atomic mass is 35.5. The second-order valence-corrected chi connectivity index (χ2v) is 8.55. The van der Waals surface area contributed by atoms with E-state index in [1.165, 1.54) is 50.4 Å². The van der Waals surface area contributed by atoms with Gasteiger partial charge in [0.05, 0.1) is 27.2 Å². The van der Waals surface area contributed by atoms with Gasteiger partial charge in [0.15, 0.2) is 0 Å². The number of nitrogens with two attached hydrogens (primary N) is 1. The zero-order chi connectivity index (χ0) is 21.0. The number of aliphatic hydroxyl groups excluding tert-OH is 1. The number of sulfonamides is 1. The van der Waals surface area contributed by atoms with Crippen molar-refractivity contribution in [2.45, 2.75) is 37.0 Å². The molecule has 6 nitrogen and oxygen atoms in total. The number of aromatic nitrogens is 1. The van der Waals surface area contributed by atoms with Gasteiger partial charge in [0.2, 0.25) is 10.0 Å². The molecule has 28 heavy (non-hydrogen) atoms. The number of aliphatic hydroxyl groups is 1. The minimum Gasteiger partial charge on any atom is -0.395 e. The average Bonchev–Trinajstić information content (AvgIpc) is 3.22. The summed E-state index contributed by atoms with van der Waals surface area (Å²) in [5, 5.41) is 16.6. The third-order valence-corrected chi connectivity index (χ3v) is 5.30. The predicted octanol–water partition coefficient (Wildman–Crippen LogP) is 3.85. The molecule has 0 spiro atoms. The summed E-state index contributed by atoms with van der Waals surface area (Å²) < 4.78 is 22.2. The monoisotopic (exact) mass is 447 g/mol. The molecule has 0 aliphatic heterocycles. The maximum Gasteiger partial charge on any atom is 0.238 e. The molecule has 1 saturated carbocycles. The third kappa shape index (κ3) is 9.32. The highest BCUT2D eigenvalue weighted by molar-refractivity contribution is 7.89. The lowest BCUT2D eigenvalue weighted by molar-refractivity contribution is 0.296. The molecular formula is C19H27Cl2N3O3S. The number of nitrogens with one attached hydrogen (secondary N) is 1. The molecule has 4 N–H and O–H groups in total. The Kier molecular flexibility index (Phi) is 11.6. The Morgan fingerprint density at radius 3 is 2.00 bits per heavy atom. The Balaban J connectivity index is 0.000000321. The summed E-state index contributed by atoms with van der Waals surface area (Å²) in [5.41, 5.74) is 1.21. The van der Waals surface area contributed by atoms with E-state index in [9.17, 15) is 8.42 Å². The quantitative estimate of drug-likeness (QED) is 0.659. The molecule has 2 aromatic rings. The lowest BCUT2D eigenvalue weighted by Gasteiger charge is -2.04. The number of likely N-dealkylation sites (N-methyl/N-ethyl adjacent to an activating group) is 1. The molecule has 0 amide bonds. The van der Waals surface area contributed by atoms with E-state index in [2.05, 4.69) is 10.3 Å². The van der Waals surface area contributed by atoms with Crippen LogP contribution in [0.2, 0.25) is 10.0 Å². The molecule has 0 radical (unpaired) electrons. The smallest absolute Gasteiger partial charge is 0.238 e. The van der Waals surface area contributed by atoms with Crippen LogP contribution in [0.15, 0.2) is 41.4 Å². The molecule has 1 fully saturated rings. The van der Waals surface area contributed by atoms with E-state index in [0.717, 1.165) is 0 Å². The summed E-state index contributed by atoms with van der Waals surface area (Å²) in [7, 11) is -1.89. The van der Waals surface area contributed by atoms with E-state index in [4.69, 9.17) is 33.4 Å². The summed E-state index contributed by atoms with van der Waals surface area (Å²) in [6.45, 7) is 0.927.